The molecule has 0 saturated heterocycles. The molecule has 0 atom stereocenters. The highest BCUT2D eigenvalue weighted by molar-refractivity contribution is 7.99. The molecule has 0 N–H and O–H groups in total. The lowest BCUT2D eigenvalue weighted by atomic mass is 10.1. The van der Waals surface area contributed by atoms with Gasteiger partial charge in [0.1, 0.15) is 6.61 Å². The van der Waals surface area contributed by atoms with Gasteiger partial charge in [-0.25, -0.2) is 13.2 Å². The van der Waals surface area contributed by atoms with Gasteiger partial charge in [-0.3, -0.25) is 0 Å². The number of carbonyl (C=O) groups excluding carboxylic acids is 1. The number of sulfone groups is 1. The first-order valence-corrected chi connectivity index (χ1v) is 10.6. The van der Waals surface area contributed by atoms with E-state index in [4.69, 9.17) is 4.74 Å². The van der Waals surface area contributed by atoms with Gasteiger partial charge in [0.25, 0.3) is 0 Å². The molecule has 0 aromatic heterocycles. The van der Waals surface area contributed by atoms with Gasteiger partial charge in [0.05, 0.1) is 16.0 Å². The molecule has 0 radical (unpaired) electrons. The van der Waals surface area contributed by atoms with Crippen molar-refractivity contribution in [1.29, 1.82) is 0 Å². The summed E-state index contributed by atoms with van der Waals surface area (Å²) in [5, 5.41) is 0. The first kappa shape index (κ1) is 21.3. The van der Waals surface area contributed by atoms with E-state index in [1.807, 2.05) is 0 Å². The highest BCUT2D eigenvalue weighted by Gasteiger charge is 2.30. The predicted molar refractivity (Wildman–Crippen MR) is 96.7 cm³/mol. The third-order valence-corrected chi connectivity index (χ3v) is 5.67. The van der Waals surface area contributed by atoms with Crippen molar-refractivity contribution in [2.24, 2.45) is 0 Å². The second kappa shape index (κ2) is 8.35. The Morgan fingerprint density at radius 3 is 2.48 bits per heavy atom. The van der Waals surface area contributed by atoms with E-state index in [1.54, 1.807) is 13.0 Å². The second-order valence-electron chi connectivity index (χ2n) is 5.76. The standard InChI is InChI=1S/C18H17F3O4S2/c1-12-6-7-15(27(2,23)24)11-16(12)17(22)25-8-9-26-14-5-3-4-13(10-14)18(19,20)21/h3-7,10-11H,8-9H2,1-2H3. The summed E-state index contributed by atoms with van der Waals surface area (Å²) < 4.78 is 66.4. The average Bonchev–Trinajstić information content (AvgIpc) is 2.57. The van der Waals surface area contributed by atoms with Crippen LogP contribution in [0.15, 0.2) is 52.3 Å². The minimum Gasteiger partial charge on any atom is -0.461 e. The van der Waals surface area contributed by atoms with Crippen LogP contribution < -0.4 is 0 Å². The third kappa shape index (κ3) is 6.00. The molecule has 2 rings (SSSR count). The first-order chi connectivity index (χ1) is 12.5. The minimum atomic E-state index is -4.41. The van der Waals surface area contributed by atoms with Crippen molar-refractivity contribution < 1.29 is 31.1 Å². The van der Waals surface area contributed by atoms with Crippen LogP contribution in [0.3, 0.4) is 0 Å². The van der Waals surface area contributed by atoms with Crippen LogP contribution in [-0.4, -0.2) is 33.0 Å². The molecule has 0 aliphatic carbocycles. The van der Waals surface area contributed by atoms with Crippen LogP contribution in [-0.2, 0) is 20.8 Å². The van der Waals surface area contributed by atoms with Gasteiger partial charge in [-0.05, 0) is 42.8 Å². The molecule has 0 aliphatic heterocycles. The van der Waals surface area contributed by atoms with E-state index in [2.05, 4.69) is 0 Å². The van der Waals surface area contributed by atoms with Crippen LogP contribution in [0, 0.1) is 6.92 Å². The zero-order valence-electron chi connectivity index (χ0n) is 14.5. The van der Waals surface area contributed by atoms with Gasteiger partial charge >= 0.3 is 12.1 Å². The van der Waals surface area contributed by atoms with Crippen molar-refractivity contribution in [3.05, 3.63) is 59.2 Å². The summed E-state index contributed by atoms with van der Waals surface area (Å²) in [6.07, 6.45) is -3.37. The largest absolute Gasteiger partial charge is 0.461 e. The highest BCUT2D eigenvalue weighted by Crippen LogP contribution is 2.31. The molecule has 146 valence electrons. The first-order valence-electron chi connectivity index (χ1n) is 7.76. The summed E-state index contributed by atoms with van der Waals surface area (Å²) in [7, 11) is -3.46. The van der Waals surface area contributed by atoms with Crippen molar-refractivity contribution in [1.82, 2.24) is 0 Å². The average molecular weight is 418 g/mol. The number of ether oxygens (including phenoxy) is 1. The Hall–Kier alpha value is -2.00. The summed E-state index contributed by atoms with van der Waals surface area (Å²) in [5.41, 5.74) is -0.0300. The zero-order valence-corrected chi connectivity index (χ0v) is 16.2. The molecule has 2 aromatic rings. The molecule has 0 bridgehead atoms. The summed E-state index contributed by atoms with van der Waals surface area (Å²) in [4.78, 5) is 12.6. The number of hydrogen-bond acceptors (Lipinski definition) is 5. The zero-order chi connectivity index (χ0) is 20.2. The Balaban J connectivity index is 1.96. The van der Waals surface area contributed by atoms with Gasteiger partial charge in [0.2, 0.25) is 0 Å². The van der Waals surface area contributed by atoms with E-state index in [-0.39, 0.29) is 22.8 Å². The molecule has 0 spiro atoms. The molecule has 0 fully saturated rings. The highest BCUT2D eigenvalue weighted by atomic mass is 32.2. The van der Waals surface area contributed by atoms with Crippen LogP contribution in [0.25, 0.3) is 0 Å². The SMILES string of the molecule is Cc1ccc(S(C)(=O)=O)cc1C(=O)OCCSc1cccc(C(F)(F)F)c1. The van der Waals surface area contributed by atoms with E-state index in [1.165, 1.54) is 24.3 Å². The quantitative estimate of drug-likeness (QED) is 0.396. The number of aryl methyl sites for hydroxylation is 1. The number of benzene rings is 2. The number of esters is 1. The van der Waals surface area contributed by atoms with Gasteiger partial charge in [-0.15, -0.1) is 11.8 Å². The molecule has 4 nitrogen and oxygen atoms in total. The van der Waals surface area contributed by atoms with E-state index in [0.29, 0.717) is 10.5 Å². The lowest BCUT2D eigenvalue weighted by Gasteiger charge is -2.10. The maximum atomic E-state index is 12.7. The molecular weight excluding hydrogens is 401 g/mol. The van der Waals surface area contributed by atoms with Crippen molar-refractivity contribution in [3.63, 3.8) is 0 Å². The summed E-state index contributed by atoms with van der Waals surface area (Å²) >= 11 is 1.13. The van der Waals surface area contributed by atoms with Crippen LogP contribution >= 0.6 is 11.8 Å². The van der Waals surface area contributed by atoms with Crippen LogP contribution in [0.1, 0.15) is 21.5 Å². The fraction of sp³-hybridized carbons (Fsp3) is 0.278. The topological polar surface area (TPSA) is 60.4 Å². The summed E-state index contributed by atoms with van der Waals surface area (Å²) in [6, 6.07) is 9.06. The van der Waals surface area contributed by atoms with Crippen LogP contribution in [0.5, 0.6) is 0 Å². The number of halogens is 3. The van der Waals surface area contributed by atoms with E-state index >= 15 is 0 Å². The normalized spacial score (nSPS) is 12.0. The van der Waals surface area contributed by atoms with Crippen LogP contribution in [0.2, 0.25) is 0 Å². The number of carbonyl (C=O) groups is 1. The van der Waals surface area contributed by atoms with Crippen molar-refractivity contribution in [2.45, 2.75) is 22.9 Å². The van der Waals surface area contributed by atoms with Gasteiger partial charge in [-0.2, -0.15) is 13.2 Å². The predicted octanol–water partition coefficient (Wildman–Crippen LogP) is 4.37. The Morgan fingerprint density at radius 2 is 1.85 bits per heavy atom. The Kier molecular flexibility index (Phi) is 6.59. The molecule has 2 aromatic carbocycles. The Bertz CT molecular complexity index is 938. The number of rotatable bonds is 6. The van der Waals surface area contributed by atoms with E-state index in [9.17, 15) is 26.4 Å². The lowest BCUT2D eigenvalue weighted by Crippen LogP contribution is -2.11. The maximum absolute atomic E-state index is 12.7. The van der Waals surface area contributed by atoms with E-state index < -0.39 is 27.5 Å². The van der Waals surface area contributed by atoms with Crippen molar-refractivity contribution in [2.75, 3.05) is 18.6 Å². The Labute approximate surface area is 159 Å². The maximum Gasteiger partial charge on any atom is 0.416 e. The molecule has 9 heteroatoms. The van der Waals surface area contributed by atoms with Gasteiger partial charge in [-0.1, -0.05) is 12.1 Å². The number of hydrogen-bond donors (Lipinski definition) is 0. The molecule has 0 heterocycles. The molecule has 0 unspecified atom stereocenters. The lowest BCUT2D eigenvalue weighted by molar-refractivity contribution is -0.137. The third-order valence-electron chi connectivity index (χ3n) is 3.60. The molecule has 0 aliphatic rings. The van der Waals surface area contributed by atoms with Crippen molar-refractivity contribution >= 4 is 27.6 Å². The van der Waals surface area contributed by atoms with E-state index in [0.717, 1.165) is 30.2 Å². The van der Waals surface area contributed by atoms with Crippen LogP contribution in [0.4, 0.5) is 13.2 Å². The fourth-order valence-corrected chi connectivity index (χ4v) is 3.62. The smallest absolute Gasteiger partial charge is 0.416 e. The number of thioether (sulfide) groups is 1. The minimum absolute atomic E-state index is 0.0124. The monoisotopic (exact) mass is 418 g/mol. The molecule has 0 saturated carbocycles. The molecule has 27 heavy (non-hydrogen) atoms. The van der Waals surface area contributed by atoms with Gasteiger partial charge < -0.3 is 4.74 Å². The molecule has 0 amide bonds. The van der Waals surface area contributed by atoms with Crippen molar-refractivity contribution in [3.8, 4) is 0 Å². The van der Waals surface area contributed by atoms with Gasteiger partial charge in [0.15, 0.2) is 9.84 Å². The summed E-state index contributed by atoms with van der Waals surface area (Å²) in [6.45, 7) is 1.63. The molecular formula is C18H17F3O4S2. The second-order valence-corrected chi connectivity index (χ2v) is 8.94. The fourth-order valence-electron chi connectivity index (χ4n) is 2.19. The van der Waals surface area contributed by atoms with Gasteiger partial charge in [0, 0.05) is 16.9 Å². The Morgan fingerprint density at radius 1 is 1.15 bits per heavy atom. The number of alkyl halides is 3. The summed E-state index contributed by atoms with van der Waals surface area (Å²) in [5.74, 6) is -0.416.